The molecule has 0 rings (SSSR count). The van der Waals surface area contributed by atoms with Crippen LogP contribution in [0.3, 0.4) is 0 Å². The van der Waals surface area contributed by atoms with Gasteiger partial charge in [-0.1, -0.05) is 26.7 Å². The molecule has 0 bridgehead atoms. The number of unbranched alkanes of at least 4 members (excludes halogenated alkanes) is 22. The summed E-state index contributed by atoms with van der Waals surface area (Å²) in [5.74, 6) is 1.18. The third kappa shape index (κ3) is 27.4. The van der Waals surface area contributed by atoms with E-state index in [4.69, 9.17) is 0 Å². The smallest absolute Gasteiger partial charge is 0.0654 e. The average molecular weight is 814 g/mol. The maximum absolute atomic E-state index is 14.3. The summed E-state index contributed by atoms with van der Waals surface area (Å²) in [5, 5.41) is 0. The van der Waals surface area contributed by atoms with Gasteiger partial charge in [-0.25, -0.2) is 0 Å². The normalized spacial score (nSPS) is 12.8. The van der Waals surface area contributed by atoms with E-state index in [1.807, 2.05) is 0 Å². The summed E-state index contributed by atoms with van der Waals surface area (Å²) in [6.45, 7) is 14.4. The molecule has 240 valence electrons. The van der Waals surface area contributed by atoms with Gasteiger partial charge in [0.1, 0.15) is 0 Å². The molecule has 0 N–H and O–H groups in total. The molecular weight excluding hydrogens is 740 g/mol. The monoisotopic (exact) mass is 813 g/mol. The summed E-state index contributed by atoms with van der Waals surface area (Å²) in [5.41, 5.74) is 0.747. The summed E-state index contributed by atoms with van der Waals surface area (Å²) >= 11 is -0.134. The third-order valence-corrected chi connectivity index (χ3v) is 42.9. The SMILES string of the molecule is CCCCCCCCCCCCCC[I-]P(=O)(C[P+](C)(C)C(C)C)[I-]CCCCCCCCCCCCCC. The Morgan fingerprint density at radius 1 is 0.487 bits per heavy atom. The van der Waals surface area contributed by atoms with Gasteiger partial charge < -0.3 is 0 Å². The van der Waals surface area contributed by atoms with Crippen molar-refractivity contribution in [1.29, 1.82) is 0 Å². The Balaban J connectivity index is 4.03. The van der Waals surface area contributed by atoms with Crippen LogP contribution in [0, 0.1) is 0 Å². The predicted molar refractivity (Wildman–Crippen MR) is 178 cm³/mol. The van der Waals surface area contributed by atoms with Crippen LogP contribution >= 0.6 is 9.69 Å². The molecule has 0 aromatic rings. The minimum atomic E-state index is -1.79. The van der Waals surface area contributed by atoms with Crippen LogP contribution in [0.15, 0.2) is 0 Å². The van der Waals surface area contributed by atoms with Crippen LogP contribution in [-0.4, -0.2) is 33.7 Å². The first-order valence-electron chi connectivity index (χ1n) is 17.4. The van der Waals surface area contributed by atoms with Gasteiger partial charge in [-0.15, -0.1) is 0 Å². The van der Waals surface area contributed by atoms with Gasteiger partial charge in [0.25, 0.3) is 0 Å². The second-order valence-corrected chi connectivity index (χ2v) is 41.5. The molecule has 5 heteroatoms. The standard InChI is InChI=1S/C34H73I2OP2/c1-7-9-11-13-15-17-19-21-23-25-27-29-31-35-39(37,33-38(5,6)34(3)4)36-32-30-28-26-24-22-20-18-16-14-12-10-8-2/h34H,7-33H2,1-6H3/q-1. The summed E-state index contributed by atoms with van der Waals surface area (Å²) in [7, 11) is -1.02. The number of rotatable bonds is 31. The molecule has 0 spiro atoms. The van der Waals surface area contributed by atoms with Crippen molar-refractivity contribution >= 4 is 9.69 Å². The second-order valence-electron chi connectivity index (χ2n) is 13.0. The molecule has 0 aromatic heterocycles. The molecule has 0 heterocycles. The van der Waals surface area contributed by atoms with E-state index in [9.17, 15) is 4.57 Å². The van der Waals surface area contributed by atoms with Crippen molar-refractivity contribution < 1.29 is 45.9 Å². The van der Waals surface area contributed by atoms with E-state index in [2.05, 4.69) is 41.0 Å². The van der Waals surface area contributed by atoms with Gasteiger partial charge in [0, 0.05) is 0 Å². The summed E-state index contributed by atoms with van der Waals surface area (Å²) in [6.07, 6.45) is 34.2. The Bertz CT molecular complexity index is 519. The first-order chi connectivity index (χ1) is 18.8. The van der Waals surface area contributed by atoms with Crippen molar-refractivity contribution in [2.24, 2.45) is 0 Å². The van der Waals surface area contributed by atoms with Crippen molar-refractivity contribution in [3.8, 4) is 0 Å². The fraction of sp³-hybridized carbons (Fsp3) is 1.00. The Morgan fingerprint density at radius 3 is 1.00 bits per heavy atom. The third-order valence-electron chi connectivity index (χ3n) is 8.43. The molecule has 0 aliphatic heterocycles. The molecule has 1 nitrogen and oxygen atoms in total. The van der Waals surface area contributed by atoms with Gasteiger partial charge in [-0.2, -0.15) is 0 Å². The molecule has 0 atom stereocenters. The first-order valence-corrected chi connectivity index (χ1v) is 30.9. The molecule has 0 aromatic carbocycles. The van der Waals surface area contributed by atoms with Gasteiger partial charge in [0.05, 0.1) is 0 Å². The number of halogens is 2. The molecule has 0 aliphatic carbocycles. The summed E-state index contributed by atoms with van der Waals surface area (Å²) in [6, 6.07) is 0. The van der Waals surface area contributed by atoms with Gasteiger partial charge in [0.2, 0.25) is 0 Å². The molecule has 39 heavy (non-hydrogen) atoms. The molecule has 0 saturated carbocycles. The number of hydrogen-bond donors (Lipinski definition) is 0. The van der Waals surface area contributed by atoms with Crippen LogP contribution in [0.1, 0.15) is 182 Å². The minimum absolute atomic E-state index is 0.0668. The van der Waals surface area contributed by atoms with Crippen molar-refractivity contribution in [3.63, 3.8) is 0 Å². The predicted octanol–water partition coefficient (Wildman–Crippen LogP) is 7.40. The van der Waals surface area contributed by atoms with E-state index in [0.29, 0.717) is 0 Å². The Morgan fingerprint density at radius 2 is 0.744 bits per heavy atom. The molecule has 0 aliphatic rings. The second kappa shape index (κ2) is 28.9. The van der Waals surface area contributed by atoms with E-state index in [1.165, 1.54) is 169 Å². The Labute approximate surface area is 269 Å². The zero-order chi connectivity index (χ0) is 29.1. The average Bonchev–Trinajstić information content (AvgIpc) is 2.89. The maximum atomic E-state index is 14.3. The quantitative estimate of drug-likeness (QED) is 0.0309. The van der Waals surface area contributed by atoms with Crippen LogP contribution in [0.5, 0.6) is 0 Å². The van der Waals surface area contributed by atoms with Gasteiger partial charge in [0.15, 0.2) is 0 Å². The molecular formula is C34H73I2OP2-. The van der Waals surface area contributed by atoms with E-state index in [-0.39, 0.29) is 41.3 Å². The van der Waals surface area contributed by atoms with Crippen LogP contribution in [0.4, 0.5) is 0 Å². The van der Waals surface area contributed by atoms with E-state index in [0.717, 1.165) is 5.66 Å². The topological polar surface area (TPSA) is 17.1 Å². The molecule has 0 amide bonds. The van der Waals surface area contributed by atoms with Gasteiger partial charge >= 0.3 is 244 Å². The molecule has 0 unspecified atom stereocenters. The fourth-order valence-electron chi connectivity index (χ4n) is 4.94. The van der Waals surface area contributed by atoms with Crippen LogP contribution in [0.2, 0.25) is 0 Å². The molecule has 0 radical (unpaired) electrons. The van der Waals surface area contributed by atoms with Crippen molar-refractivity contribution in [1.82, 2.24) is 0 Å². The van der Waals surface area contributed by atoms with Crippen molar-refractivity contribution in [2.75, 3.05) is 28.1 Å². The van der Waals surface area contributed by atoms with Crippen molar-refractivity contribution in [2.45, 2.75) is 187 Å². The zero-order valence-electron chi connectivity index (χ0n) is 27.7. The van der Waals surface area contributed by atoms with E-state index < -0.39 is 9.69 Å². The Kier molecular flexibility index (Phi) is 30.4. The van der Waals surface area contributed by atoms with Gasteiger partial charge in [-0.05, 0) is 0 Å². The number of hydrogen-bond acceptors (Lipinski definition) is 1. The fourth-order valence-corrected chi connectivity index (χ4v) is 48.1. The molecule has 0 fully saturated rings. The summed E-state index contributed by atoms with van der Waals surface area (Å²) < 4.78 is 15.2. The minimum Gasteiger partial charge on any atom is -0.0654 e. The van der Waals surface area contributed by atoms with Gasteiger partial charge in [-0.3, -0.25) is 0 Å². The van der Waals surface area contributed by atoms with Crippen molar-refractivity contribution in [3.05, 3.63) is 0 Å². The van der Waals surface area contributed by atoms with Crippen LogP contribution in [-0.2, 0) is 4.57 Å². The zero-order valence-corrected chi connectivity index (χ0v) is 33.8. The van der Waals surface area contributed by atoms with Crippen LogP contribution in [0.25, 0.3) is 0 Å². The Hall–Kier alpha value is 2.12. The number of alkyl halides is 2. The van der Waals surface area contributed by atoms with E-state index >= 15 is 0 Å². The van der Waals surface area contributed by atoms with Crippen LogP contribution < -0.4 is 41.3 Å². The van der Waals surface area contributed by atoms with E-state index in [1.54, 1.807) is 0 Å². The first kappa shape index (κ1) is 41.1. The summed E-state index contributed by atoms with van der Waals surface area (Å²) in [4.78, 5) is 0. The molecule has 0 saturated heterocycles.